The number of ether oxygens (including phenoxy) is 1. The van der Waals surface area contributed by atoms with Crippen LogP contribution in [-0.2, 0) is 4.79 Å². The third kappa shape index (κ3) is 5.66. The van der Waals surface area contributed by atoms with Gasteiger partial charge in [-0.1, -0.05) is 41.9 Å². The summed E-state index contributed by atoms with van der Waals surface area (Å²) in [6.45, 7) is 4.90. The second-order valence-electron chi connectivity index (χ2n) is 11.5. The molecule has 1 saturated carbocycles. The summed E-state index contributed by atoms with van der Waals surface area (Å²) in [6.07, 6.45) is 6.07. The van der Waals surface area contributed by atoms with E-state index in [0.29, 0.717) is 41.0 Å². The number of aliphatic carboxylic acids is 1. The van der Waals surface area contributed by atoms with Crippen LogP contribution in [0.15, 0.2) is 36.4 Å². The Morgan fingerprint density at radius 3 is 2.38 bits per heavy atom. The molecule has 1 aliphatic heterocycles. The van der Waals surface area contributed by atoms with Crippen LogP contribution in [-0.4, -0.2) is 75.1 Å². The lowest BCUT2D eigenvalue weighted by Gasteiger charge is -2.36. The minimum absolute atomic E-state index is 0.0222. The van der Waals surface area contributed by atoms with Crippen LogP contribution in [0.5, 0.6) is 6.01 Å². The third-order valence-electron chi connectivity index (χ3n) is 8.32. The Morgan fingerprint density at radius 2 is 1.77 bits per heavy atom. The molecule has 5 rings (SSSR count). The molecule has 0 spiro atoms. The summed E-state index contributed by atoms with van der Waals surface area (Å²) in [5, 5.41) is 10.1. The van der Waals surface area contributed by atoms with Gasteiger partial charge in [0.15, 0.2) is 5.65 Å². The Morgan fingerprint density at radius 1 is 1.10 bits per heavy atom. The average Bonchev–Trinajstić information content (AvgIpc) is 3.33. The number of imidazole rings is 1. The molecule has 1 fully saturated rings. The molecule has 1 aliphatic carbocycles. The smallest absolute Gasteiger partial charge is 0.319 e. The van der Waals surface area contributed by atoms with Gasteiger partial charge in [0.25, 0.3) is 6.01 Å². The van der Waals surface area contributed by atoms with Crippen molar-refractivity contribution in [2.45, 2.75) is 52.1 Å². The fourth-order valence-electron chi connectivity index (χ4n) is 5.62. The number of aromatic nitrogens is 3. The van der Waals surface area contributed by atoms with Crippen LogP contribution in [0.1, 0.15) is 51.5 Å². The Balaban J connectivity index is 1.26. The largest absolute Gasteiger partial charge is 0.481 e. The monoisotopic (exact) mass is 565 g/mol. The molecule has 40 heavy (non-hydrogen) atoms. The number of nitrogens with zero attached hydrogens (tertiary/aromatic N) is 4. The summed E-state index contributed by atoms with van der Waals surface area (Å²) in [5.41, 5.74) is 4.37. The summed E-state index contributed by atoms with van der Waals surface area (Å²) in [6, 6.07) is 10.4. The zero-order valence-corrected chi connectivity index (χ0v) is 24.2. The number of carbonyl (C=O) groups excluding carboxylic acids is 1. The number of rotatable bonds is 6. The summed E-state index contributed by atoms with van der Waals surface area (Å²) < 4.78 is 6.13. The van der Waals surface area contributed by atoms with E-state index in [0.717, 1.165) is 43.2 Å². The van der Waals surface area contributed by atoms with Gasteiger partial charge >= 0.3 is 12.0 Å². The van der Waals surface area contributed by atoms with Crippen LogP contribution in [0.4, 0.5) is 4.79 Å². The lowest BCUT2D eigenvalue weighted by Crippen LogP contribution is -2.41. The number of benzene rings is 1. The van der Waals surface area contributed by atoms with Gasteiger partial charge < -0.3 is 24.6 Å². The van der Waals surface area contributed by atoms with Crippen molar-refractivity contribution in [1.82, 2.24) is 24.8 Å². The molecule has 2 amide bonds. The summed E-state index contributed by atoms with van der Waals surface area (Å²) in [5.74, 6) is -0.621. The van der Waals surface area contributed by atoms with Crippen LogP contribution < -0.4 is 4.74 Å². The molecule has 0 radical (unpaired) electrons. The maximum Gasteiger partial charge on any atom is 0.319 e. The van der Waals surface area contributed by atoms with E-state index in [1.807, 2.05) is 23.1 Å². The van der Waals surface area contributed by atoms with E-state index in [2.05, 4.69) is 28.2 Å². The number of halogens is 1. The molecule has 0 bridgehead atoms. The quantitative estimate of drug-likeness (QED) is 0.374. The number of carboxylic acids is 1. The van der Waals surface area contributed by atoms with Crippen LogP contribution in [0.25, 0.3) is 28.0 Å². The average molecular weight is 566 g/mol. The predicted octanol–water partition coefficient (Wildman–Crippen LogP) is 6.10. The van der Waals surface area contributed by atoms with Crippen LogP contribution in [0, 0.1) is 11.3 Å². The first-order valence-electron chi connectivity index (χ1n) is 13.8. The number of pyridine rings is 1. The second-order valence-corrected chi connectivity index (χ2v) is 11.9. The SMILES string of the molecule is CN(C)C(=O)N1CC=C(c2ccc(-c3nc4nc(OC5CCC(C(C)(C)C(=O)O)CC5)[nH]c4cc3Cl)cc2)CC1. The predicted molar refractivity (Wildman–Crippen MR) is 155 cm³/mol. The lowest BCUT2D eigenvalue weighted by atomic mass is 9.70. The molecule has 0 unspecified atom stereocenters. The molecule has 0 saturated heterocycles. The van der Waals surface area contributed by atoms with Gasteiger partial charge in [-0.2, -0.15) is 4.98 Å². The number of urea groups is 1. The lowest BCUT2D eigenvalue weighted by molar-refractivity contribution is -0.151. The zero-order chi connectivity index (χ0) is 28.6. The second kappa shape index (κ2) is 11.1. The Labute approximate surface area is 239 Å². The highest BCUT2D eigenvalue weighted by Gasteiger charge is 2.39. The molecule has 1 aromatic carbocycles. The topological polar surface area (TPSA) is 112 Å². The van der Waals surface area contributed by atoms with Gasteiger partial charge in [-0.25, -0.2) is 9.78 Å². The molecule has 2 aromatic heterocycles. The van der Waals surface area contributed by atoms with Crippen molar-refractivity contribution in [3.05, 3.63) is 47.0 Å². The van der Waals surface area contributed by atoms with Crippen molar-refractivity contribution < 1.29 is 19.4 Å². The highest BCUT2D eigenvalue weighted by atomic mass is 35.5. The molecule has 2 aliphatic rings. The first-order chi connectivity index (χ1) is 19.0. The van der Waals surface area contributed by atoms with Crippen molar-refractivity contribution in [2.75, 3.05) is 27.2 Å². The normalized spacial score (nSPS) is 19.8. The number of hydrogen-bond acceptors (Lipinski definition) is 5. The highest BCUT2D eigenvalue weighted by Crippen LogP contribution is 2.39. The number of carbonyl (C=O) groups is 2. The number of carboxylic acid groups (broad SMARTS) is 1. The van der Waals surface area contributed by atoms with E-state index in [4.69, 9.17) is 21.3 Å². The molecular weight excluding hydrogens is 530 g/mol. The van der Waals surface area contributed by atoms with Gasteiger partial charge in [-0.3, -0.25) is 4.79 Å². The van der Waals surface area contributed by atoms with E-state index in [1.165, 1.54) is 5.57 Å². The zero-order valence-electron chi connectivity index (χ0n) is 23.4. The first kappa shape index (κ1) is 28.0. The number of hydrogen-bond donors (Lipinski definition) is 2. The van der Waals surface area contributed by atoms with E-state index in [1.54, 1.807) is 32.8 Å². The summed E-state index contributed by atoms with van der Waals surface area (Å²) >= 11 is 6.63. The van der Waals surface area contributed by atoms with Gasteiger partial charge in [0.05, 0.1) is 21.6 Å². The van der Waals surface area contributed by atoms with Crippen LogP contribution >= 0.6 is 11.6 Å². The fraction of sp³-hybridized carbons (Fsp3) is 0.467. The van der Waals surface area contributed by atoms with Crippen molar-refractivity contribution in [3.63, 3.8) is 0 Å². The molecule has 0 atom stereocenters. The van der Waals surface area contributed by atoms with E-state index < -0.39 is 11.4 Å². The van der Waals surface area contributed by atoms with Crippen LogP contribution in [0.3, 0.4) is 0 Å². The minimum atomic E-state index is -0.752. The van der Waals surface area contributed by atoms with Crippen molar-refractivity contribution in [1.29, 1.82) is 0 Å². The summed E-state index contributed by atoms with van der Waals surface area (Å²) in [4.78, 5) is 39.7. The van der Waals surface area contributed by atoms with E-state index >= 15 is 0 Å². The Bertz CT molecular complexity index is 1440. The minimum Gasteiger partial charge on any atom is -0.481 e. The molecule has 3 heterocycles. The number of fused-ring (bicyclic) bond motifs is 1. The van der Waals surface area contributed by atoms with Crippen molar-refractivity contribution >= 4 is 40.3 Å². The van der Waals surface area contributed by atoms with Gasteiger partial charge in [0, 0.05) is 32.7 Å². The Kier molecular flexibility index (Phi) is 7.77. The molecule has 10 heteroatoms. The molecule has 2 N–H and O–H groups in total. The number of amides is 2. The maximum absolute atomic E-state index is 12.2. The first-order valence-corrected chi connectivity index (χ1v) is 14.1. The van der Waals surface area contributed by atoms with Gasteiger partial charge in [-0.15, -0.1) is 0 Å². The highest BCUT2D eigenvalue weighted by molar-refractivity contribution is 6.33. The standard InChI is InChI=1S/C30H36ClN5O4/c1-30(2,27(37)38)21-9-11-22(12-10-21)40-28-32-24-17-23(31)25(33-26(24)34-28)20-7-5-18(6-8-20)19-13-15-36(16-14-19)29(39)35(3)4/h5-8,13,17,21-22H,9-12,14-16H2,1-4H3,(H,37,38)(H,32,33,34). The van der Waals surface area contributed by atoms with Crippen molar-refractivity contribution in [2.24, 2.45) is 11.3 Å². The number of H-pyrrole nitrogens is 1. The van der Waals surface area contributed by atoms with Gasteiger partial charge in [0.2, 0.25) is 0 Å². The van der Waals surface area contributed by atoms with E-state index in [-0.39, 0.29) is 18.1 Å². The van der Waals surface area contributed by atoms with E-state index in [9.17, 15) is 14.7 Å². The van der Waals surface area contributed by atoms with Crippen LogP contribution in [0.2, 0.25) is 5.02 Å². The Hall–Kier alpha value is -3.59. The molecule has 3 aromatic rings. The number of nitrogens with one attached hydrogen (secondary N) is 1. The molecular formula is C30H36ClN5O4. The molecule has 212 valence electrons. The third-order valence-corrected chi connectivity index (χ3v) is 8.61. The summed E-state index contributed by atoms with van der Waals surface area (Å²) in [7, 11) is 3.54. The van der Waals surface area contributed by atoms with Crippen molar-refractivity contribution in [3.8, 4) is 17.3 Å². The number of aromatic amines is 1. The fourth-order valence-corrected chi connectivity index (χ4v) is 5.88. The maximum atomic E-state index is 12.2. The van der Waals surface area contributed by atoms with Gasteiger partial charge in [-0.05, 0) is 69.1 Å². The van der Waals surface area contributed by atoms with Gasteiger partial charge in [0.1, 0.15) is 6.10 Å². The molecule has 9 nitrogen and oxygen atoms in total.